The Labute approximate surface area is 119 Å². The number of nitrogens with zero attached hydrogens (tertiary/aromatic N) is 3. The quantitative estimate of drug-likeness (QED) is 0.928. The number of anilines is 1. The van der Waals surface area contributed by atoms with Crippen LogP contribution in [0, 0.1) is 0 Å². The summed E-state index contributed by atoms with van der Waals surface area (Å²) in [4.78, 5) is 6.79. The number of benzene rings is 1. The van der Waals surface area contributed by atoms with Crippen LogP contribution in [0.2, 0.25) is 0 Å². The van der Waals surface area contributed by atoms with E-state index in [1.807, 2.05) is 18.7 Å². The molecule has 1 N–H and O–H groups in total. The molecule has 4 rings (SSSR count). The summed E-state index contributed by atoms with van der Waals surface area (Å²) in [5.41, 5.74) is 2.39. The van der Waals surface area contributed by atoms with E-state index in [1.54, 1.807) is 0 Å². The van der Waals surface area contributed by atoms with E-state index >= 15 is 0 Å². The van der Waals surface area contributed by atoms with Gasteiger partial charge >= 0.3 is 0 Å². The van der Waals surface area contributed by atoms with Gasteiger partial charge in [-0.05, 0) is 37.9 Å². The second-order valence-electron chi connectivity index (χ2n) is 5.77. The zero-order chi connectivity index (χ0) is 13.4. The van der Waals surface area contributed by atoms with Crippen molar-refractivity contribution < 1.29 is 0 Å². The monoisotopic (exact) mass is 268 g/mol. The van der Waals surface area contributed by atoms with Crippen molar-refractivity contribution in [3.05, 3.63) is 43.0 Å². The molecule has 0 saturated carbocycles. The zero-order valence-electron chi connectivity index (χ0n) is 11.6. The molecule has 2 aliphatic heterocycles. The number of hydrogen-bond donors (Lipinski definition) is 1. The highest BCUT2D eigenvalue weighted by atomic mass is 15.2. The largest absolute Gasteiger partial charge is 0.379 e. The molecule has 0 aliphatic carbocycles. The zero-order valence-corrected chi connectivity index (χ0v) is 11.6. The molecule has 3 heterocycles. The van der Waals surface area contributed by atoms with Gasteiger partial charge in [0.1, 0.15) is 0 Å². The predicted octanol–water partition coefficient (Wildman–Crippen LogP) is 2.52. The lowest BCUT2D eigenvalue weighted by Gasteiger charge is -2.23. The van der Waals surface area contributed by atoms with Gasteiger partial charge in [-0.25, -0.2) is 4.98 Å². The lowest BCUT2D eigenvalue weighted by atomic mass is 10.1. The Bertz CT molecular complexity index is 578. The molecule has 1 aromatic carbocycles. The van der Waals surface area contributed by atoms with Gasteiger partial charge in [0.2, 0.25) is 0 Å². The number of fused-ring (bicyclic) bond motifs is 1. The highest BCUT2D eigenvalue weighted by Gasteiger charge is 2.37. The van der Waals surface area contributed by atoms with Gasteiger partial charge in [-0.1, -0.05) is 12.1 Å². The van der Waals surface area contributed by atoms with Gasteiger partial charge in [0.25, 0.3) is 0 Å². The summed E-state index contributed by atoms with van der Waals surface area (Å²) < 4.78 is 2.07. The molecular formula is C16H20N4. The number of imidazole rings is 1. The number of aromatic nitrogens is 2. The van der Waals surface area contributed by atoms with Crippen LogP contribution in [0.3, 0.4) is 0 Å². The van der Waals surface area contributed by atoms with E-state index in [-0.39, 0.29) is 0 Å². The molecule has 0 radical (unpaired) electrons. The van der Waals surface area contributed by atoms with E-state index in [9.17, 15) is 0 Å². The minimum absolute atomic E-state index is 0.585. The third kappa shape index (κ3) is 2.00. The number of nitrogens with one attached hydrogen (secondary N) is 1. The summed E-state index contributed by atoms with van der Waals surface area (Å²) in [5, 5.41) is 3.78. The van der Waals surface area contributed by atoms with Crippen molar-refractivity contribution in [2.45, 2.75) is 31.3 Å². The number of hydrogen-bond acceptors (Lipinski definition) is 3. The van der Waals surface area contributed by atoms with Crippen LogP contribution in [-0.2, 0) is 0 Å². The van der Waals surface area contributed by atoms with Gasteiger partial charge in [0.15, 0.2) is 0 Å². The van der Waals surface area contributed by atoms with Crippen molar-refractivity contribution in [2.24, 2.45) is 0 Å². The van der Waals surface area contributed by atoms with Crippen molar-refractivity contribution in [3.63, 3.8) is 0 Å². The minimum Gasteiger partial charge on any atom is -0.379 e. The van der Waals surface area contributed by atoms with Gasteiger partial charge in [-0.2, -0.15) is 0 Å². The maximum atomic E-state index is 4.15. The molecule has 1 aromatic heterocycles. The minimum atomic E-state index is 0.585. The standard InChI is InChI=1S/C16H20N4/c1-2-5-16(20-11-8-17-12-20)13(4-1)18-14-7-10-19-9-3-6-15(14)19/h1-2,4-5,8,11-12,14-15,18H,3,6-7,9-10H2. The van der Waals surface area contributed by atoms with Crippen LogP contribution >= 0.6 is 0 Å². The molecule has 0 amide bonds. The molecule has 2 saturated heterocycles. The fourth-order valence-electron chi connectivity index (χ4n) is 3.67. The van der Waals surface area contributed by atoms with Crippen LogP contribution in [0.4, 0.5) is 5.69 Å². The van der Waals surface area contributed by atoms with Crippen molar-refractivity contribution in [1.29, 1.82) is 0 Å². The van der Waals surface area contributed by atoms with Crippen molar-refractivity contribution in [3.8, 4) is 5.69 Å². The van der Waals surface area contributed by atoms with E-state index in [0.717, 1.165) is 6.04 Å². The van der Waals surface area contributed by atoms with E-state index < -0.39 is 0 Å². The first-order valence-electron chi connectivity index (χ1n) is 7.50. The summed E-state index contributed by atoms with van der Waals surface area (Å²) in [7, 11) is 0. The topological polar surface area (TPSA) is 33.1 Å². The SMILES string of the molecule is c1ccc(-n2ccnc2)c(NC2CCN3CCCC23)c1. The fraction of sp³-hybridized carbons (Fsp3) is 0.438. The predicted molar refractivity (Wildman–Crippen MR) is 80.2 cm³/mol. The van der Waals surface area contributed by atoms with Crippen LogP contribution in [0.15, 0.2) is 43.0 Å². The van der Waals surface area contributed by atoms with E-state index in [1.165, 1.54) is 43.7 Å². The molecule has 104 valence electrons. The highest BCUT2D eigenvalue weighted by molar-refractivity contribution is 5.61. The Morgan fingerprint density at radius 2 is 2.10 bits per heavy atom. The summed E-state index contributed by atoms with van der Waals surface area (Å²) >= 11 is 0. The molecular weight excluding hydrogens is 248 g/mol. The lowest BCUT2D eigenvalue weighted by Crippen LogP contribution is -2.34. The Hall–Kier alpha value is -1.81. The van der Waals surface area contributed by atoms with Crippen molar-refractivity contribution >= 4 is 5.69 Å². The maximum Gasteiger partial charge on any atom is 0.0992 e. The molecule has 0 spiro atoms. The molecule has 20 heavy (non-hydrogen) atoms. The van der Waals surface area contributed by atoms with Crippen molar-refractivity contribution in [1.82, 2.24) is 14.5 Å². The molecule has 4 heteroatoms. The Kier molecular flexibility index (Phi) is 2.96. The molecule has 2 aliphatic rings. The second kappa shape index (κ2) is 4.94. The number of para-hydroxylation sites is 2. The fourth-order valence-corrected chi connectivity index (χ4v) is 3.67. The highest BCUT2D eigenvalue weighted by Crippen LogP contribution is 2.31. The van der Waals surface area contributed by atoms with Crippen molar-refractivity contribution in [2.75, 3.05) is 18.4 Å². The summed E-state index contributed by atoms with van der Waals surface area (Å²) in [6.07, 6.45) is 9.62. The average Bonchev–Trinajstić information content (AvgIpc) is 3.18. The summed E-state index contributed by atoms with van der Waals surface area (Å²) in [6.45, 7) is 2.53. The first-order chi connectivity index (χ1) is 9.92. The van der Waals surface area contributed by atoms with Gasteiger partial charge in [-0.3, -0.25) is 4.90 Å². The van der Waals surface area contributed by atoms with Gasteiger partial charge in [-0.15, -0.1) is 0 Å². The van der Waals surface area contributed by atoms with Gasteiger partial charge in [0, 0.05) is 31.0 Å². The van der Waals surface area contributed by atoms with Gasteiger partial charge in [0.05, 0.1) is 17.7 Å². The molecule has 2 fully saturated rings. The molecule has 4 nitrogen and oxygen atoms in total. The summed E-state index contributed by atoms with van der Waals surface area (Å²) in [5.74, 6) is 0. The van der Waals surface area contributed by atoms with E-state index in [4.69, 9.17) is 0 Å². The Morgan fingerprint density at radius 1 is 1.15 bits per heavy atom. The molecule has 2 aromatic rings. The molecule has 0 bridgehead atoms. The smallest absolute Gasteiger partial charge is 0.0992 e. The van der Waals surface area contributed by atoms with Gasteiger partial charge < -0.3 is 9.88 Å². The van der Waals surface area contributed by atoms with Crippen LogP contribution in [-0.4, -0.2) is 39.6 Å². The second-order valence-corrected chi connectivity index (χ2v) is 5.77. The maximum absolute atomic E-state index is 4.15. The van der Waals surface area contributed by atoms with E-state index in [2.05, 4.69) is 44.0 Å². The normalized spacial score (nSPS) is 25.8. The molecule has 2 atom stereocenters. The Balaban J connectivity index is 1.60. The van der Waals surface area contributed by atoms with Crippen LogP contribution in [0.1, 0.15) is 19.3 Å². The molecule has 2 unspecified atom stereocenters. The van der Waals surface area contributed by atoms with Crippen LogP contribution < -0.4 is 5.32 Å². The van der Waals surface area contributed by atoms with E-state index in [0.29, 0.717) is 6.04 Å². The lowest BCUT2D eigenvalue weighted by molar-refractivity contribution is 0.318. The first-order valence-corrected chi connectivity index (χ1v) is 7.50. The van der Waals surface area contributed by atoms with Crippen LogP contribution in [0.5, 0.6) is 0 Å². The Morgan fingerprint density at radius 3 is 3.00 bits per heavy atom. The first kappa shape index (κ1) is 12.0. The third-order valence-electron chi connectivity index (χ3n) is 4.63. The summed E-state index contributed by atoms with van der Waals surface area (Å²) in [6, 6.07) is 9.81. The average molecular weight is 268 g/mol. The van der Waals surface area contributed by atoms with Crippen LogP contribution in [0.25, 0.3) is 5.69 Å². The third-order valence-corrected chi connectivity index (χ3v) is 4.63. The number of rotatable bonds is 3.